The molecule has 1 heterocycles. The van der Waals surface area contributed by atoms with Crippen molar-refractivity contribution in [2.45, 2.75) is 70.9 Å². The summed E-state index contributed by atoms with van der Waals surface area (Å²) < 4.78 is 0. The molecule has 19 heavy (non-hydrogen) atoms. The largest absolute Gasteiger partial charge is 0.396 e. The molecule has 0 amide bonds. The molecular formula is C16H32N2O. The molecule has 2 fully saturated rings. The monoisotopic (exact) mass is 268 g/mol. The summed E-state index contributed by atoms with van der Waals surface area (Å²) in [6.45, 7) is 7.44. The zero-order valence-corrected chi connectivity index (χ0v) is 12.8. The zero-order valence-electron chi connectivity index (χ0n) is 12.8. The molecule has 1 aliphatic carbocycles. The minimum atomic E-state index is 0.323. The van der Waals surface area contributed by atoms with Gasteiger partial charge < -0.3 is 10.8 Å². The quantitative estimate of drug-likeness (QED) is 0.823. The van der Waals surface area contributed by atoms with Gasteiger partial charge in [0, 0.05) is 25.2 Å². The summed E-state index contributed by atoms with van der Waals surface area (Å²) in [5.74, 6) is 0.642. The number of hydrogen-bond acceptors (Lipinski definition) is 3. The molecule has 0 bridgehead atoms. The average Bonchev–Trinajstić information content (AvgIpc) is 2.36. The Morgan fingerprint density at radius 2 is 2.05 bits per heavy atom. The van der Waals surface area contributed by atoms with E-state index in [1.54, 1.807) is 0 Å². The lowest BCUT2D eigenvalue weighted by Gasteiger charge is -2.44. The van der Waals surface area contributed by atoms with Crippen molar-refractivity contribution in [2.75, 3.05) is 19.7 Å². The molecular weight excluding hydrogens is 236 g/mol. The van der Waals surface area contributed by atoms with Gasteiger partial charge in [-0.1, -0.05) is 20.3 Å². The fourth-order valence-electron chi connectivity index (χ4n) is 4.03. The fourth-order valence-corrected chi connectivity index (χ4v) is 4.03. The molecule has 3 heteroatoms. The van der Waals surface area contributed by atoms with Crippen LogP contribution in [0.5, 0.6) is 0 Å². The molecule has 1 saturated carbocycles. The Balaban J connectivity index is 1.93. The summed E-state index contributed by atoms with van der Waals surface area (Å²) in [5.41, 5.74) is 6.82. The van der Waals surface area contributed by atoms with E-state index in [1.807, 2.05) is 0 Å². The Hall–Kier alpha value is -0.120. The number of likely N-dealkylation sites (tertiary alicyclic amines) is 1. The highest BCUT2D eigenvalue weighted by Gasteiger charge is 2.35. The van der Waals surface area contributed by atoms with Crippen molar-refractivity contribution in [2.24, 2.45) is 17.1 Å². The van der Waals surface area contributed by atoms with Gasteiger partial charge in [-0.05, 0) is 56.4 Å². The molecule has 3 N–H and O–H groups in total. The first-order chi connectivity index (χ1) is 9.02. The maximum absolute atomic E-state index is 9.23. The van der Waals surface area contributed by atoms with Crippen molar-refractivity contribution in [3.05, 3.63) is 0 Å². The topological polar surface area (TPSA) is 49.5 Å². The molecule has 0 spiro atoms. The van der Waals surface area contributed by atoms with Crippen LogP contribution in [-0.2, 0) is 0 Å². The molecule has 0 aromatic carbocycles. The van der Waals surface area contributed by atoms with Gasteiger partial charge in [0.25, 0.3) is 0 Å². The third-order valence-electron chi connectivity index (χ3n) is 5.26. The lowest BCUT2D eigenvalue weighted by atomic mass is 9.70. The van der Waals surface area contributed by atoms with Gasteiger partial charge in [0.2, 0.25) is 0 Å². The smallest absolute Gasteiger partial charge is 0.0445 e. The first kappa shape index (κ1) is 15.3. The van der Waals surface area contributed by atoms with Crippen LogP contribution in [-0.4, -0.2) is 41.8 Å². The van der Waals surface area contributed by atoms with E-state index in [0.29, 0.717) is 30.0 Å². The van der Waals surface area contributed by atoms with Crippen LogP contribution in [0.1, 0.15) is 58.8 Å². The standard InChI is InChI=1S/C16H32N2O/c1-16(2)8-6-15(17)13(11-16)12-18-9-4-3-5-14(18)7-10-19/h13-15,19H,3-12,17H2,1-2H3. The van der Waals surface area contributed by atoms with Crippen molar-refractivity contribution in [1.82, 2.24) is 4.90 Å². The highest BCUT2D eigenvalue weighted by atomic mass is 16.3. The molecule has 2 aliphatic rings. The normalized spacial score (nSPS) is 36.3. The van der Waals surface area contributed by atoms with E-state index in [9.17, 15) is 5.11 Å². The number of nitrogens with two attached hydrogens (primary N) is 1. The zero-order chi connectivity index (χ0) is 13.9. The predicted octanol–water partition coefficient (Wildman–Crippen LogP) is 2.38. The van der Waals surface area contributed by atoms with Gasteiger partial charge in [0.1, 0.15) is 0 Å². The highest BCUT2D eigenvalue weighted by Crippen LogP contribution is 2.39. The second-order valence-corrected chi connectivity index (χ2v) is 7.49. The summed E-state index contributed by atoms with van der Waals surface area (Å²) in [6, 6.07) is 0.973. The molecule has 3 unspecified atom stereocenters. The first-order valence-corrected chi connectivity index (χ1v) is 8.12. The van der Waals surface area contributed by atoms with Crippen molar-refractivity contribution in [1.29, 1.82) is 0 Å². The maximum Gasteiger partial charge on any atom is 0.0445 e. The summed E-state index contributed by atoms with van der Waals surface area (Å²) >= 11 is 0. The lowest BCUT2D eigenvalue weighted by Crippen LogP contribution is -2.49. The molecule has 2 rings (SSSR count). The molecule has 3 nitrogen and oxygen atoms in total. The third-order valence-corrected chi connectivity index (χ3v) is 5.26. The number of piperidine rings is 1. The van der Waals surface area contributed by atoms with Gasteiger partial charge in [0.15, 0.2) is 0 Å². The number of aliphatic hydroxyl groups is 1. The Labute approximate surface area is 118 Å². The van der Waals surface area contributed by atoms with Crippen LogP contribution in [0.3, 0.4) is 0 Å². The molecule has 0 aromatic heterocycles. The summed E-state index contributed by atoms with van der Waals surface area (Å²) in [5, 5.41) is 9.23. The lowest BCUT2D eigenvalue weighted by molar-refractivity contribution is 0.0638. The van der Waals surface area contributed by atoms with Crippen LogP contribution in [0.4, 0.5) is 0 Å². The number of nitrogens with zero attached hydrogens (tertiary/aromatic N) is 1. The van der Waals surface area contributed by atoms with Gasteiger partial charge >= 0.3 is 0 Å². The van der Waals surface area contributed by atoms with Crippen LogP contribution in [0.25, 0.3) is 0 Å². The molecule has 112 valence electrons. The first-order valence-electron chi connectivity index (χ1n) is 8.12. The van der Waals surface area contributed by atoms with Crippen molar-refractivity contribution in [3.63, 3.8) is 0 Å². The number of aliphatic hydroxyl groups excluding tert-OH is 1. The molecule has 3 atom stereocenters. The third kappa shape index (κ3) is 4.17. The second kappa shape index (κ2) is 6.55. The minimum Gasteiger partial charge on any atom is -0.396 e. The summed E-state index contributed by atoms with van der Waals surface area (Å²) in [4.78, 5) is 2.62. The Morgan fingerprint density at radius 3 is 2.79 bits per heavy atom. The van der Waals surface area contributed by atoms with E-state index in [4.69, 9.17) is 5.73 Å². The Morgan fingerprint density at radius 1 is 1.26 bits per heavy atom. The molecule has 1 saturated heterocycles. The van der Waals surface area contributed by atoms with Crippen LogP contribution >= 0.6 is 0 Å². The molecule has 0 radical (unpaired) electrons. The van der Waals surface area contributed by atoms with Gasteiger partial charge in [0.05, 0.1) is 0 Å². The van der Waals surface area contributed by atoms with Crippen molar-refractivity contribution < 1.29 is 5.11 Å². The molecule has 0 aromatic rings. The predicted molar refractivity (Wildman–Crippen MR) is 80.0 cm³/mol. The van der Waals surface area contributed by atoms with Crippen molar-refractivity contribution >= 4 is 0 Å². The van der Waals surface area contributed by atoms with Gasteiger partial charge in [-0.25, -0.2) is 0 Å². The average molecular weight is 268 g/mol. The van der Waals surface area contributed by atoms with Crippen molar-refractivity contribution in [3.8, 4) is 0 Å². The number of rotatable bonds is 4. The van der Waals surface area contributed by atoms with E-state index in [0.717, 1.165) is 13.0 Å². The Bertz CT molecular complexity index is 278. The van der Waals surface area contributed by atoms with Crippen LogP contribution in [0.2, 0.25) is 0 Å². The number of hydrogen-bond donors (Lipinski definition) is 2. The van der Waals surface area contributed by atoms with Gasteiger partial charge in [-0.15, -0.1) is 0 Å². The summed E-state index contributed by atoms with van der Waals surface area (Å²) in [7, 11) is 0. The van der Waals surface area contributed by atoms with Crippen LogP contribution in [0.15, 0.2) is 0 Å². The second-order valence-electron chi connectivity index (χ2n) is 7.49. The van der Waals surface area contributed by atoms with Crippen LogP contribution in [0, 0.1) is 11.3 Å². The van der Waals surface area contributed by atoms with E-state index in [1.165, 1.54) is 45.1 Å². The SMILES string of the molecule is CC1(C)CCC(N)C(CN2CCCCC2CCO)C1. The Kier molecular flexibility index (Phi) is 5.27. The summed E-state index contributed by atoms with van der Waals surface area (Å²) in [6.07, 6.45) is 8.53. The fraction of sp³-hybridized carbons (Fsp3) is 1.00. The maximum atomic E-state index is 9.23. The van der Waals surface area contributed by atoms with Crippen LogP contribution < -0.4 is 5.73 Å². The molecule has 1 aliphatic heterocycles. The minimum absolute atomic E-state index is 0.323. The van der Waals surface area contributed by atoms with E-state index in [2.05, 4.69) is 18.7 Å². The van der Waals surface area contributed by atoms with Gasteiger partial charge in [-0.3, -0.25) is 4.90 Å². The van der Waals surface area contributed by atoms with Gasteiger partial charge in [-0.2, -0.15) is 0 Å². The highest BCUT2D eigenvalue weighted by molar-refractivity contribution is 4.90. The van der Waals surface area contributed by atoms with E-state index in [-0.39, 0.29) is 0 Å². The van der Waals surface area contributed by atoms with E-state index >= 15 is 0 Å². The van der Waals surface area contributed by atoms with E-state index < -0.39 is 0 Å².